The summed E-state index contributed by atoms with van der Waals surface area (Å²) >= 11 is 6.01. The number of nitro benzene ring substituents is 1. The van der Waals surface area contributed by atoms with Gasteiger partial charge in [0.25, 0.3) is 11.6 Å². The van der Waals surface area contributed by atoms with Crippen LogP contribution in [0.15, 0.2) is 36.4 Å². The summed E-state index contributed by atoms with van der Waals surface area (Å²) < 4.78 is 10.9. The lowest BCUT2D eigenvalue weighted by atomic mass is 10.2. The first-order chi connectivity index (χ1) is 12.5. The number of nitrogens with zero attached hydrogens (tertiary/aromatic N) is 1. The number of carbonyl (C=O) groups is 1. The molecular formula is C18H19ClN2O5. The maximum absolute atomic E-state index is 12.5. The quantitative estimate of drug-likeness (QED) is 0.409. The number of non-ortho nitro benzene ring substituents is 1. The zero-order valence-electron chi connectivity index (χ0n) is 14.5. The van der Waals surface area contributed by atoms with E-state index in [9.17, 15) is 14.9 Å². The molecule has 0 saturated heterocycles. The van der Waals surface area contributed by atoms with Gasteiger partial charge in [-0.2, -0.15) is 0 Å². The van der Waals surface area contributed by atoms with Crippen molar-refractivity contribution in [3.8, 4) is 11.5 Å². The minimum absolute atomic E-state index is 0.00644. The van der Waals surface area contributed by atoms with Gasteiger partial charge in [-0.15, -0.1) is 0 Å². The molecule has 0 bridgehead atoms. The van der Waals surface area contributed by atoms with E-state index in [2.05, 4.69) is 12.2 Å². The summed E-state index contributed by atoms with van der Waals surface area (Å²) in [5.74, 6) is 0.557. The van der Waals surface area contributed by atoms with Gasteiger partial charge in [0.2, 0.25) is 0 Å². The van der Waals surface area contributed by atoms with Crippen LogP contribution in [0.5, 0.6) is 11.5 Å². The fourth-order valence-corrected chi connectivity index (χ4v) is 2.44. The third-order valence-electron chi connectivity index (χ3n) is 3.60. The molecule has 2 aromatic rings. The number of ether oxygens (including phenoxy) is 2. The molecule has 7 nitrogen and oxygen atoms in total. The highest BCUT2D eigenvalue weighted by molar-refractivity contribution is 6.34. The summed E-state index contributed by atoms with van der Waals surface area (Å²) in [5, 5.41) is 13.5. The average molecular weight is 379 g/mol. The molecule has 0 unspecified atom stereocenters. The zero-order valence-corrected chi connectivity index (χ0v) is 15.2. The molecule has 2 aromatic carbocycles. The second-order valence-corrected chi connectivity index (χ2v) is 5.85. The van der Waals surface area contributed by atoms with Crippen LogP contribution in [0.25, 0.3) is 0 Å². The van der Waals surface area contributed by atoms with Gasteiger partial charge in [-0.25, -0.2) is 0 Å². The van der Waals surface area contributed by atoms with E-state index >= 15 is 0 Å². The predicted octanol–water partition coefficient (Wildman–Crippen LogP) is 4.69. The number of carbonyl (C=O) groups excluding carboxylic acids is 1. The standard InChI is InChI=1S/C18H19ClN2O5/c1-3-4-9-26-17-8-6-13(25-2)11-16(17)20-18(22)14-7-5-12(21(23)24)10-15(14)19/h5-8,10-11H,3-4,9H2,1-2H3,(H,20,22). The van der Waals surface area contributed by atoms with Crippen molar-refractivity contribution in [3.05, 3.63) is 57.1 Å². The fraction of sp³-hybridized carbons (Fsp3) is 0.278. The van der Waals surface area contributed by atoms with Crippen molar-refractivity contribution in [1.82, 2.24) is 0 Å². The molecule has 26 heavy (non-hydrogen) atoms. The van der Waals surface area contributed by atoms with E-state index in [-0.39, 0.29) is 16.3 Å². The molecule has 0 aromatic heterocycles. The monoisotopic (exact) mass is 378 g/mol. The van der Waals surface area contributed by atoms with Crippen molar-refractivity contribution in [2.45, 2.75) is 19.8 Å². The Balaban J connectivity index is 2.25. The summed E-state index contributed by atoms with van der Waals surface area (Å²) in [6, 6.07) is 8.76. The first-order valence-corrected chi connectivity index (χ1v) is 8.40. The van der Waals surface area contributed by atoms with Gasteiger partial charge < -0.3 is 14.8 Å². The smallest absolute Gasteiger partial charge is 0.270 e. The van der Waals surface area contributed by atoms with Gasteiger partial charge in [-0.05, 0) is 24.6 Å². The Morgan fingerprint density at radius 1 is 1.27 bits per heavy atom. The Hall–Kier alpha value is -2.80. The van der Waals surface area contributed by atoms with Crippen LogP contribution in [0.1, 0.15) is 30.1 Å². The minimum Gasteiger partial charge on any atom is -0.497 e. The number of benzene rings is 2. The number of rotatable bonds is 8. The largest absolute Gasteiger partial charge is 0.497 e. The molecule has 8 heteroatoms. The third-order valence-corrected chi connectivity index (χ3v) is 3.91. The average Bonchev–Trinajstić information content (AvgIpc) is 2.62. The molecule has 0 atom stereocenters. The van der Waals surface area contributed by atoms with E-state index in [1.807, 2.05) is 0 Å². The lowest BCUT2D eigenvalue weighted by molar-refractivity contribution is -0.384. The van der Waals surface area contributed by atoms with E-state index in [4.69, 9.17) is 21.1 Å². The van der Waals surface area contributed by atoms with Crippen LogP contribution in [0.2, 0.25) is 5.02 Å². The molecule has 2 rings (SSSR count). The number of nitrogens with one attached hydrogen (secondary N) is 1. The molecule has 1 N–H and O–H groups in total. The van der Waals surface area contributed by atoms with Gasteiger partial charge in [0.1, 0.15) is 11.5 Å². The highest BCUT2D eigenvalue weighted by Crippen LogP contribution is 2.31. The Morgan fingerprint density at radius 2 is 2.04 bits per heavy atom. The topological polar surface area (TPSA) is 90.7 Å². The van der Waals surface area contributed by atoms with Gasteiger partial charge in [0.15, 0.2) is 0 Å². The molecule has 0 aliphatic heterocycles. The van der Waals surface area contributed by atoms with Gasteiger partial charge in [0, 0.05) is 18.2 Å². The van der Waals surface area contributed by atoms with Crippen LogP contribution in [-0.2, 0) is 0 Å². The van der Waals surface area contributed by atoms with Crippen molar-refractivity contribution >= 4 is 28.9 Å². The molecule has 0 saturated carbocycles. The molecule has 0 aliphatic rings. The summed E-state index contributed by atoms with van der Waals surface area (Å²) in [7, 11) is 1.52. The molecule has 138 valence electrons. The van der Waals surface area contributed by atoms with Gasteiger partial charge in [-0.1, -0.05) is 24.9 Å². The number of nitro groups is 1. The number of methoxy groups -OCH3 is 1. The highest BCUT2D eigenvalue weighted by Gasteiger charge is 2.17. The first-order valence-electron chi connectivity index (χ1n) is 8.02. The number of halogens is 1. The van der Waals surface area contributed by atoms with E-state index in [1.54, 1.807) is 18.2 Å². The van der Waals surface area contributed by atoms with E-state index < -0.39 is 10.8 Å². The number of hydrogen-bond acceptors (Lipinski definition) is 5. The normalized spacial score (nSPS) is 10.3. The lowest BCUT2D eigenvalue weighted by Crippen LogP contribution is -2.14. The van der Waals surface area contributed by atoms with Gasteiger partial charge in [-0.3, -0.25) is 14.9 Å². The fourth-order valence-electron chi connectivity index (χ4n) is 2.18. The maximum atomic E-state index is 12.5. The summed E-state index contributed by atoms with van der Waals surface area (Å²) in [6.45, 7) is 2.57. The van der Waals surface area contributed by atoms with Crippen molar-refractivity contribution in [1.29, 1.82) is 0 Å². The second kappa shape index (κ2) is 9.05. The minimum atomic E-state index is -0.574. The Labute approximate surface area is 156 Å². The van der Waals surface area contributed by atoms with E-state index in [0.29, 0.717) is 23.8 Å². The van der Waals surface area contributed by atoms with Crippen LogP contribution in [0.3, 0.4) is 0 Å². The summed E-state index contributed by atoms with van der Waals surface area (Å²) in [5.41, 5.74) is 0.371. The Kier molecular flexibility index (Phi) is 6.80. The zero-order chi connectivity index (χ0) is 19.1. The number of anilines is 1. The molecule has 0 fully saturated rings. The van der Waals surface area contributed by atoms with Crippen molar-refractivity contribution in [2.24, 2.45) is 0 Å². The van der Waals surface area contributed by atoms with Crippen molar-refractivity contribution < 1.29 is 19.2 Å². The van der Waals surface area contributed by atoms with E-state index in [0.717, 1.165) is 18.9 Å². The maximum Gasteiger partial charge on any atom is 0.270 e. The van der Waals surface area contributed by atoms with Crippen molar-refractivity contribution in [3.63, 3.8) is 0 Å². The molecule has 0 spiro atoms. The van der Waals surface area contributed by atoms with Crippen LogP contribution >= 0.6 is 11.6 Å². The van der Waals surface area contributed by atoms with Crippen LogP contribution in [0, 0.1) is 10.1 Å². The molecule has 0 heterocycles. The predicted molar refractivity (Wildman–Crippen MR) is 99.5 cm³/mol. The third kappa shape index (κ3) is 4.86. The van der Waals surface area contributed by atoms with Crippen LogP contribution < -0.4 is 14.8 Å². The Bertz CT molecular complexity index is 810. The van der Waals surface area contributed by atoms with Crippen molar-refractivity contribution in [2.75, 3.05) is 19.0 Å². The SMILES string of the molecule is CCCCOc1ccc(OC)cc1NC(=O)c1ccc([N+](=O)[O-])cc1Cl. The summed E-state index contributed by atoms with van der Waals surface area (Å²) in [6.07, 6.45) is 1.86. The van der Waals surface area contributed by atoms with Crippen LogP contribution in [-0.4, -0.2) is 24.5 Å². The van der Waals surface area contributed by atoms with Gasteiger partial charge in [0.05, 0.1) is 34.9 Å². The molecule has 0 aliphatic carbocycles. The van der Waals surface area contributed by atoms with Gasteiger partial charge >= 0.3 is 0 Å². The number of hydrogen-bond donors (Lipinski definition) is 1. The van der Waals surface area contributed by atoms with E-state index in [1.165, 1.54) is 19.2 Å². The number of amides is 1. The van der Waals surface area contributed by atoms with Crippen LogP contribution in [0.4, 0.5) is 11.4 Å². The first kappa shape index (κ1) is 19.5. The second-order valence-electron chi connectivity index (χ2n) is 5.44. The Morgan fingerprint density at radius 3 is 2.65 bits per heavy atom. The summed E-state index contributed by atoms with van der Waals surface area (Å²) in [4.78, 5) is 22.7. The molecule has 1 amide bonds. The molecular weight excluding hydrogens is 360 g/mol. The highest BCUT2D eigenvalue weighted by atomic mass is 35.5. The number of unbranched alkanes of at least 4 members (excludes halogenated alkanes) is 1. The lowest BCUT2D eigenvalue weighted by Gasteiger charge is -2.14. The molecule has 0 radical (unpaired) electrons.